The highest BCUT2D eigenvalue weighted by Crippen LogP contribution is 2.62. The van der Waals surface area contributed by atoms with Crippen LogP contribution in [0.15, 0.2) is 5.16 Å². The quantitative estimate of drug-likeness (QED) is 0.276. The average Bonchev–Trinajstić information content (AvgIpc) is 2.46. The van der Waals surface area contributed by atoms with Gasteiger partial charge in [-0.25, -0.2) is 0 Å². The molecule has 0 aromatic rings. The van der Waals surface area contributed by atoms with E-state index in [0.29, 0.717) is 6.04 Å². The molecule has 1 atom stereocenters. The van der Waals surface area contributed by atoms with E-state index in [-0.39, 0.29) is 22.7 Å². The van der Waals surface area contributed by atoms with E-state index in [2.05, 4.69) is 38.2 Å². The summed E-state index contributed by atoms with van der Waals surface area (Å²) < 4.78 is 0. The van der Waals surface area contributed by atoms with E-state index in [1.54, 1.807) is 0 Å². The minimum absolute atomic E-state index is 0.0777. The van der Waals surface area contributed by atoms with Crippen molar-refractivity contribution in [2.75, 3.05) is 0 Å². The summed E-state index contributed by atoms with van der Waals surface area (Å²) in [6, 6.07) is 0.344. The fourth-order valence-corrected chi connectivity index (χ4v) is 2.04. The van der Waals surface area contributed by atoms with Crippen LogP contribution in [0.25, 0.3) is 0 Å². The molecule has 1 unspecified atom stereocenters. The van der Waals surface area contributed by atoms with Crippen molar-refractivity contribution >= 4 is 5.84 Å². The van der Waals surface area contributed by atoms with Crippen molar-refractivity contribution in [1.82, 2.24) is 5.32 Å². The molecule has 1 aliphatic rings. The van der Waals surface area contributed by atoms with E-state index < -0.39 is 0 Å². The Morgan fingerprint density at radius 1 is 1.36 bits per heavy atom. The number of nitrogens with zero attached hydrogens (tertiary/aromatic N) is 1. The summed E-state index contributed by atoms with van der Waals surface area (Å²) in [6.45, 7) is 10.8. The van der Waals surface area contributed by atoms with Crippen LogP contribution < -0.4 is 11.1 Å². The molecule has 4 nitrogen and oxygen atoms in total. The molecule has 0 bridgehead atoms. The van der Waals surface area contributed by atoms with Gasteiger partial charge in [0.2, 0.25) is 0 Å². The third-order valence-electron chi connectivity index (χ3n) is 4.00. The van der Waals surface area contributed by atoms with E-state index in [9.17, 15) is 0 Å². The Morgan fingerprint density at radius 3 is 2.07 bits per heavy atom. The van der Waals surface area contributed by atoms with Crippen LogP contribution in [0.4, 0.5) is 0 Å². The average molecular weight is 199 g/mol. The molecule has 1 aliphatic carbocycles. The largest absolute Gasteiger partial charge is 0.409 e. The maximum atomic E-state index is 8.52. The molecular formula is C10H21N3O. The van der Waals surface area contributed by atoms with Crippen molar-refractivity contribution < 1.29 is 5.21 Å². The monoisotopic (exact) mass is 199 g/mol. The lowest BCUT2D eigenvalue weighted by Gasteiger charge is -2.13. The minimum Gasteiger partial charge on any atom is -0.409 e. The number of nitrogens with one attached hydrogen (secondary N) is 1. The Balaban J connectivity index is 2.58. The molecule has 14 heavy (non-hydrogen) atoms. The Labute approximate surface area is 85.6 Å². The molecule has 0 radical (unpaired) electrons. The molecular weight excluding hydrogens is 178 g/mol. The van der Waals surface area contributed by atoms with Gasteiger partial charge in [0.15, 0.2) is 5.84 Å². The van der Waals surface area contributed by atoms with Gasteiger partial charge in [0.1, 0.15) is 0 Å². The fraction of sp³-hybridized carbons (Fsp3) is 0.900. The van der Waals surface area contributed by atoms with Crippen LogP contribution in [0, 0.1) is 10.8 Å². The van der Waals surface area contributed by atoms with Gasteiger partial charge in [0, 0.05) is 6.04 Å². The second-order valence-electron chi connectivity index (χ2n) is 5.29. The molecule has 0 aromatic heterocycles. The van der Waals surface area contributed by atoms with E-state index in [1.165, 1.54) is 0 Å². The number of rotatable bonds is 3. The lowest BCUT2D eigenvalue weighted by Crippen LogP contribution is -2.42. The first-order valence-corrected chi connectivity index (χ1v) is 4.98. The maximum Gasteiger partial charge on any atom is 0.156 e. The van der Waals surface area contributed by atoms with Gasteiger partial charge in [0.05, 0.1) is 6.04 Å². The standard InChI is InChI=1S/C10H21N3O/c1-6(7(11)13-14)12-8-9(2,3)10(8,4)5/h6,8,12,14H,1-5H3,(H2,11,13). The van der Waals surface area contributed by atoms with E-state index in [1.807, 2.05) is 6.92 Å². The molecule has 4 N–H and O–H groups in total. The Kier molecular flexibility index (Phi) is 2.52. The minimum atomic E-state index is -0.0777. The van der Waals surface area contributed by atoms with Crippen LogP contribution in [-0.2, 0) is 0 Å². The normalized spacial score (nSPS) is 27.4. The van der Waals surface area contributed by atoms with Gasteiger partial charge < -0.3 is 16.3 Å². The van der Waals surface area contributed by atoms with Crippen molar-refractivity contribution in [2.24, 2.45) is 21.7 Å². The Hall–Kier alpha value is -0.770. The first-order chi connectivity index (χ1) is 6.25. The molecule has 0 saturated heterocycles. The number of hydrogen-bond donors (Lipinski definition) is 3. The molecule has 0 amide bonds. The zero-order valence-electron chi connectivity index (χ0n) is 9.63. The molecule has 4 heteroatoms. The molecule has 1 saturated carbocycles. The van der Waals surface area contributed by atoms with Crippen molar-refractivity contribution in [3.8, 4) is 0 Å². The molecule has 0 heterocycles. The van der Waals surface area contributed by atoms with Crippen LogP contribution >= 0.6 is 0 Å². The van der Waals surface area contributed by atoms with Crippen molar-refractivity contribution in [3.05, 3.63) is 0 Å². The Morgan fingerprint density at radius 2 is 1.79 bits per heavy atom. The zero-order chi connectivity index (χ0) is 11.1. The van der Waals surface area contributed by atoms with Crippen LogP contribution in [0.1, 0.15) is 34.6 Å². The maximum absolute atomic E-state index is 8.52. The number of amidine groups is 1. The predicted molar refractivity (Wildman–Crippen MR) is 57.4 cm³/mol. The van der Waals surface area contributed by atoms with Gasteiger partial charge in [0.25, 0.3) is 0 Å². The summed E-state index contributed by atoms with van der Waals surface area (Å²) in [5, 5.41) is 14.9. The first-order valence-electron chi connectivity index (χ1n) is 4.98. The van der Waals surface area contributed by atoms with Crippen LogP contribution in [0.3, 0.4) is 0 Å². The van der Waals surface area contributed by atoms with Gasteiger partial charge in [-0.2, -0.15) is 0 Å². The van der Waals surface area contributed by atoms with Gasteiger partial charge in [-0.3, -0.25) is 0 Å². The van der Waals surface area contributed by atoms with Crippen molar-refractivity contribution in [2.45, 2.75) is 46.7 Å². The van der Waals surface area contributed by atoms with E-state index in [0.717, 1.165) is 0 Å². The number of hydrogen-bond acceptors (Lipinski definition) is 3. The fourth-order valence-electron chi connectivity index (χ4n) is 2.04. The molecule has 0 aromatic carbocycles. The highest BCUT2D eigenvalue weighted by atomic mass is 16.4. The van der Waals surface area contributed by atoms with Crippen LogP contribution in [0.5, 0.6) is 0 Å². The summed E-state index contributed by atoms with van der Waals surface area (Å²) in [6.07, 6.45) is 0. The molecule has 82 valence electrons. The third-order valence-corrected chi connectivity index (χ3v) is 4.00. The summed E-state index contributed by atoms with van der Waals surface area (Å²) in [5.41, 5.74) is 6.06. The summed E-state index contributed by atoms with van der Waals surface area (Å²) >= 11 is 0. The SMILES string of the molecule is CC(NC1C(C)(C)C1(C)C)/C(N)=N/O. The third kappa shape index (κ3) is 1.47. The smallest absolute Gasteiger partial charge is 0.156 e. The lowest BCUT2D eigenvalue weighted by atomic mass is 10.0. The zero-order valence-corrected chi connectivity index (χ0v) is 9.63. The van der Waals surface area contributed by atoms with Crippen LogP contribution in [0.2, 0.25) is 0 Å². The summed E-state index contributed by atoms with van der Waals surface area (Å²) in [7, 11) is 0. The van der Waals surface area contributed by atoms with E-state index >= 15 is 0 Å². The first kappa shape index (κ1) is 11.3. The number of oxime groups is 1. The van der Waals surface area contributed by atoms with E-state index in [4.69, 9.17) is 10.9 Å². The van der Waals surface area contributed by atoms with Crippen molar-refractivity contribution in [3.63, 3.8) is 0 Å². The van der Waals surface area contributed by atoms with Gasteiger partial charge in [-0.15, -0.1) is 0 Å². The second-order valence-corrected chi connectivity index (χ2v) is 5.29. The second kappa shape index (κ2) is 3.12. The topological polar surface area (TPSA) is 70.6 Å². The summed E-state index contributed by atoms with van der Waals surface area (Å²) in [4.78, 5) is 0. The van der Waals surface area contributed by atoms with Gasteiger partial charge in [-0.05, 0) is 17.8 Å². The summed E-state index contributed by atoms with van der Waals surface area (Å²) in [5.74, 6) is 0.239. The highest BCUT2D eigenvalue weighted by Gasteiger charge is 2.64. The van der Waals surface area contributed by atoms with Crippen molar-refractivity contribution in [1.29, 1.82) is 0 Å². The van der Waals surface area contributed by atoms with Crippen LogP contribution in [-0.4, -0.2) is 23.1 Å². The predicted octanol–water partition coefficient (Wildman–Crippen LogP) is 1.15. The molecule has 1 rings (SSSR count). The molecule has 0 aliphatic heterocycles. The van der Waals surface area contributed by atoms with Gasteiger partial charge in [-0.1, -0.05) is 32.9 Å². The van der Waals surface area contributed by atoms with Gasteiger partial charge >= 0.3 is 0 Å². The number of nitrogens with two attached hydrogens (primary N) is 1. The molecule has 1 fully saturated rings. The lowest BCUT2D eigenvalue weighted by molar-refractivity contribution is 0.314. The Bertz CT molecular complexity index is 244. The highest BCUT2D eigenvalue weighted by molar-refractivity contribution is 5.84. The molecule has 0 spiro atoms.